The zero-order valence-corrected chi connectivity index (χ0v) is 16.3. The highest BCUT2D eigenvalue weighted by Crippen LogP contribution is 2.40. The summed E-state index contributed by atoms with van der Waals surface area (Å²) in [6.45, 7) is 1.35. The van der Waals surface area contributed by atoms with Crippen LogP contribution in [-0.2, 0) is 16.1 Å². The molecule has 0 aliphatic carbocycles. The van der Waals surface area contributed by atoms with Crippen molar-refractivity contribution in [2.24, 2.45) is 0 Å². The van der Waals surface area contributed by atoms with E-state index in [0.717, 1.165) is 47.4 Å². The zero-order chi connectivity index (χ0) is 19.4. The fourth-order valence-electron chi connectivity index (χ4n) is 3.43. The molecule has 144 valence electrons. The van der Waals surface area contributed by atoms with Gasteiger partial charge in [0.2, 0.25) is 0 Å². The van der Waals surface area contributed by atoms with E-state index in [4.69, 9.17) is 26.2 Å². The summed E-state index contributed by atoms with van der Waals surface area (Å²) in [4.78, 5) is 12.5. The number of carboxylic acid groups (broad SMARTS) is 1. The molecule has 0 amide bonds. The molecule has 5 nitrogen and oxygen atoms in total. The maximum absolute atomic E-state index is 10.7. The molecule has 1 N–H and O–H groups in total. The highest BCUT2D eigenvalue weighted by molar-refractivity contribution is 6.33. The van der Waals surface area contributed by atoms with Crippen LogP contribution in [0.15, 0.2) is 36.4 Å². The van der Waals surface area contributed by atoms with Gasteiger partial charge in [-0.25, -0.2) is 0 Å². The topological polar surface area (TPSA) is 59.0 Å². The molecule has 3 rings (SSSR count). The molecule has 0 fully saturated rings. The van der Waals surface area contributed by atoms with Gasteiger partial charge in [-0.15, -0.1) is 0 Å². The van der Waals surface area contributed by atoms with E-state index < -0.39 is 5.97 Å². The van der Waals surface area contributed by atoms with E-state index in [1.807, 2.05) is 37.4 Å². The Hall–Kier alpha value is -2.08. The van der Waals surface area contributed by atoms with Gasteiger partial charge in [0, 0.05) is 10.6 Å². The number of ether oxygens (including phenoxy) is 2. The molecule has 1 unspecified atom stereocenters. The standard InChI is InChI=1S/C21H24ClNO4/c1-23(12-21(24)25)9-3-4-20-18-11-19(22)17(10-15(18)13-27-20)14-5-7-16(26-2)8-6-14/h5-8,10-11,20H,3-4,9,12-13H2,1-2H3,(H,24,25). The molecule has 27 heavy (non-hydrogen) atoms. The second-order valence-corrected chi connectivity index (χ2v) is 7.24. The summed E-state index contributed by atoms with van der Waals surface area (Å²) in [5, 5.41) is 9.52. The SMILES string of the molecule is COc1ccc(-c2cc3c(cc2Cl)C(CCCN(C)CC(=O)O)OC3)cc1. The number of rotatable bonds is 8. The fourth-order valence-corrected chi connectivity index (χ4v) is 3.71. The number of hydrogen-bond acceptors (Lipinski definition) is 4. The number of carbonyl (C=O) groups is 1. The Kier molecular flexibility index (Phi) is 6.37. The van der Waals surface area contributed by atoms with Gasteiger partial charge in [-0.05, 0) is 67.4 Å². The van der Waals surface area contributed by atoms with E-state index in [1.165, 1.54) is 0 Å². The predicted octanol–water partition coefficient (Wildman–Crippen LogP) is 4.38. The summed E-state index contributed by atoms with van der Waals surface area (Å²) in [5.41, 5.74) is 4.33. The molecule has 0 spiro atoms. The summed E-state index contributed by atoms with van der Waals surface area (Å²) in [6, 6.07) is 12.0. The number of carboxylic acids is 1. The Labute approximate surface area is 164 Å². The van der Waals surface area contributed by atoms with Gasteiger partial charge in [-0.3, -0.25) is 9.69 Å². The van der Waals surface area contributed by atoms with Crippen LogP contribution in [0.4, 0.5) is 0 Å². The van der Waals surface area contributed by atoms with Crippen LogP contribution >= 0.6 is 11.6 Å². The van der Waals surface area contributed by atoms with Crippen molar-refractivity contribution in [2.75, 3.05) is 27.2 Å². The van der Waals surface area contributed by atoms with Crippen LogP contribution < -0.4 is 4.74 Å². The van der Waals surface area contributed by atoms with Crippen molar-refractivity contribution in [1.82, 2.24) is 4.90 Å². The largest absolute Gasteiger partial charge is 0.497 e. The maximum atomic E-state index is 10.7. The Morgan fingerprint density at radius 2 is 2.07 bits per heavy atom. The van der Waals surface area contributed by atoms with Gasteiger partial charge in [0.1, 0.15) is 5.75 Å². The Morgan fingerprint density at radius 1 is 1.33 bits per heavy atom. The quantitative estimate of drug-likeness (QED) is 0.725. The number of halogens is 1. The average Bonchev–Trinajstić information content (AvgIpc) is 3.02. The van der Waals surface area contributed by atoms with Crippen molar-refractivity contribution in [2.45, 2.75) is 25.6 Å². The molecule has 2 aromatic rings. The smallest absolute Gasteiger partial charge is 0.317 e. The predicted molar refractivity (Wildman–Crippen MR) is 105 cm³/mol. The molecule has 2 aromatic carbocycles. The monoisotopic (exact) mass is 389 g/mol. The number of methoxy groups -OCH3 is 1. The second-order valence-electron chi connectivity index (χ2n) is 6.83. The van der Waals surface area contributed by atoms with E-state index in [2.05, 4.69) is 6.07 Å². The number of benzene rings is 2. The molecule has 6 heteroatoms. The molecule has 0 saturated carbocycles. The van der Waals surface area contributed by atoms with E-state index in [9.17, 15) is 4.79 Å². The van der Waals surface area contributed by atoms with Crippen molar-refractivity contribution < 1.29 is 19.4 Å². The number of fused-ring (bicyclic) bond motifs is 1. The summed E-state index contributed by atoms with van der Waals surface area (Å²) >= 11 is 6.56. The Morgan fingerprint density at radius 3 is 2.74 bits per heavy atom. The normalized spacial score (nSPS) is 15.8. The molecule has 1 aliphatic rings. The molecule has 0 bridgehead atoms. The number of likely N-dealkylation sites (N-methyl/N-ethyl adjacent to an activating group) is 1. The minimum atomic E-state index is -0.808. The third-order valence-corrected chi connectivity index (χ3v) is 5.14. The first kappa shape index (κ1) is 19.7. The molecule has 1 aliphatic heterocycles. The first-order chi connectivity index (χ1) is 13.0. The van der Waals surface area contributed by atoms with E-state index in [0.29, 0.717) is 11.6 Å². The van der Waals surface area contributed by atoms with E-state index in [1.54, 1.807) is 12.0 Å². The third kappa shape index (κ3) is 4.80. The first-order valence-corrected chi connectivity index (χ1v) is 9.34. The lowest BCUT2D eigenvalue weighted by Crippen LogP contribution is -2.26. The van der Waals surface area contributed by atoms with Crippen molar-refractivity contribution in [3.05, 3.63) is 52.5 Å². The van der Waals surface area contributed by atoms with E-state index >= 15 is 0 Å². The lowest BCUT2D eigenvalue weighted by atomic mass is 9.96. The van der Waals surface area contributed by atoms with Crippen LogP contribution in [0.5, 0.6) is 5.75 Å². The Balaban J connectivity index is 1.68. The number of hydrogen-bond donors (Lipinski definition) is 1. The molecule has 0 aromatic heterocycles. The number of nitrogens with zero attached hydrogens (tertiary/aromatic N) is 1. The van der Waals surface area contributed by atoms with Gasteiger partial charge in [-0.1, -0.05) is 23.7 Å². The van der Waals surface area contributed by atoms with Gasteiger partial charge in [0.15, 0.2) is 0 Å². The maximum Gasteiger partial charge on any atom is 0.317 e. The molecular weight excluding hydrogens is 366 g/mol. The minimum Gasteiger partial charge on any atom is -0.497 e. The molecule has 1 atom stereocenters. The second kappa shape index (κ2) is 8.74. The highest BCUT2D eigenvalue weighted by atomic mass is 35.5. The van der Waals surface area contributed by atoms with Crippen molar-refractivity contribution >= 4 is 17.6 Å². The van der Waals surface area contributed by atoms with Crippen LogP contribution in [0.3, 0.4) is 0 Å². The fraction of sp³-hybridized carbons (Fsp3) is 0.381. The van der Waals surface area contributed by atoms with Crippen molar-refractivity contribution in [3.8, 4) is 16.9 Å². The van der Waals surface area contributed by atoms with Crippen LogP contribution in [0.1, 0.15) is 30.1 Å². The molecular formula is C21H24ClNO4. The average molecular weight is 390 g/mol. The van der Waals surface area contributed by atoms with Gasteiger partial charge in [0.05, 0.1) is 26.4 Å². The molecule has 0 saturated heterocycles. The van der Waals surface area contributed by atoms with Crippen LogP contribution in [-0.4, -0.2) is 43.2 Å². The van der Waals surface area contributed by atoms with Crippen molar-refractivity contribution in [1.29, 1.82) is 0 Å². The third-order valence-electron chi connectivity index (χ3n) is 4.83. The highest BCUT2D eigenvalue weighted by Gasteiger charge is 2.25. The van der Waals surface area contributed by atoms with Crippen LogP contribution in [0, 0.1) is 0 Å². The lowest BCUT2D eigenvalue weighted by molar-refractivity contribution is -0.138. The Bertz CT molecular complexity index is 807. The van der Waals surface area contributed by atoms with Crippen LogP contribution in [0.25, 0.3) is 11.1 Å². The van der Waals surface area contributed by atoms with Gasteiger partial charge in [-0.2, -0.15) is 0 Å². The summed E-state index contributed by atoms with van der Waals surface area (Å²) in [5.74, 6) is 0.00472. The van der Waals surface area contributed by atoms with Gasteiger partial charge < -0.3 is 14.6 Å². The lowest BCUT2D eigenvalue weighted by Gasteiger charge is -2.16. The van der Waals surface area contributed by atoms with Gasteiger partial charge in [0.25, 0.3) is 0 Å². The minimum absolute atomic E-state index is 0.0145. The van der Waals surface area contributed by atoms with Gasteiger partial charge >= 0.3 is 5.97 Å². The zero-order valence-electron chi connectivity index (χ0n) is 15.6. The number of aliphatic carboxylic acids is 1. The molecule has 0 radical (unpaired) electrons. The van der Waals surface area contributed by atoms with E-state index in [-0.39, 0.29) is 12.6 Å². The summed E-state index contributed by atoms with van der Waals surface area (Å²) in [6.07, 6.45) is 1.72. The van der Waals surface area contributed by atoms with Crippen molar-refractivity contribution in [3.63, 3.8) is 0 Å². The first-order valence-electron chi connectivity index (χ1n) is 8.96. The summed E-state index contributed by atoms with van der Waals surface area (Å²) in [7, 11) is 3.46. The molecule has 1 heterocycles. The summed E-state index contributed by atoms with van der Waals surface area (Å²) < 4.78 is 11.2. The van der Waals surface area contributed by atoms with Crippen LogP contribution in [0.2, 0.25) is 5.02 Å².